The van der Waals surface area contributed by atoms with E-state index in [1.165, 1.54) is 25.8 Å². The lowest BCUT2D eigenvalue weighted by Gasteiger charge is -2.36. The molecule has 1 aliphatic heterocycles. The molecule has 2 amide bonds. The molecule has 6 nitrogen and oxygen atoms in total. The zero-order chi connectivity index (χ0) is 13.2. The summed E-state index contributed by atoms with van der Waals surface area (Å²) in [5, 5.41) is 9.07. The number of hydrogen-bond acceptors (Lipinski definition) is 3. The van der Waals surface area contributed by atoms with Crippen LogP contribution in [0, 0.1) is 0 Å². The molecule has 0 bridgehead atoms. The molecule has 0 aromatic rings. The first kappa shape index (κ1) is 13.8. The number of ether oxygens (including phenoxy) is 1. The van der Waals surface area contributed by atoms with E-state index in [0.29, 0.717) is 13.2 Å². The molecule has 0 aromatic carbocycles. The van der Waals surface area contributed by atoms with Crippen molar-refractivity contribution >= 4 is 12.0 Å². The normalized spacial score (nSPS) is 20.1. The Morgan fingerprint density at radius 2 is 1.94 bits per heavy atom. The van der Waals surface area contributed by atoms with Crippen LogP contribution >= 0.6 is 0 Å². The third kappa shape index (κ3) is 2.69. The summed E-state index contributed by atoms with van der Waals surface area (Å²) in [7, 11) is 3.18. The summed E-state index contributed by atoms with van der Waals surface area (Å²) in [6, 6.07) is -0.262. The summed E-state index contributed by atoms with van der Waals surface area (Å²) >= 11 is 0. The highest BCUT2D eigenvalue weighted by atomic mass is 16.5. The highest BCUT2D eigenvalue weighted by Gasteiger charge is 2.38. The van der Waals surface area contributed by atoms with Crippen molar-refractivity contribution in [1.29, 1.82) is 0 Å². The Morgan fingerprint density at radius 3 is 2.35 bits per heavy atom. The van der Waals surface area contributed by atoms with Crippen LogP contribution in [0.25, 0.3) is 0 Å². The average Bonchev–Trinajstić information content (AvgIpc) is 2.79. The van der Waals surface area contributed by atoms with Gasteiger partial charge in [-0.3, -0.25) is 0 Å². The molecule has 1 fully saturated rings. The van der Waals surface area contributed by atoms with Crippen LogP contribution < -0.4 is 0 Å². The number of likely N-dealkylation sites (N-methyl/N-ethyl adjacent to an activating group) is 2. The van der Waals surface area contributed by atoms with E-state index in [-0.39, 0.29) is 12.1 Å². The van der Waals surface area contributed by atoms with Crippen molar-refractivity contribution < 1.29 is 19.4 Å². The molecule has 0 radical (unpaired) electrons. The molecule has 1 unspecified atom stereocenters. The molecule has 1 atom stereocenters. The van der Waals surface area contributed by atoms with Gasteiger partial charge >= 0.3 is 12.0 Å². The van der Waals surface area contributed by atoms with Crippen LogP contribution in [-0.4, -0.2) is 65.8 Å². The molecule has 98 valence electrons. The van der Waals surface area contributed by atoms with Crippen LogP contribution in [-0.2, 0) is 9.53 Å². The van der Waals surface area contributed by atoms with Crippen LogP contribution in [0.3, 0.4) is 0 Å². The van der Waals surface area contributed by atoms with E-state index >= 15 is 0 Å². The first-order valence-corrected chi connectivity index (χ1v) is 5.60. The Labute approximate surface area is 101 Å². The van der Waals surface area contributed by atoms with E-state index < -0.39 is 11.5 Å². The molecule has 1 N–H and O–H groups in total. The summed E-state index contributed by atoms with van der Waals surface area (Å²) in [5.74, 6) is -1.02. The van der Waals surface area contributed by atoms with Crippen molar-refractivity contribution in [2.24, 2.45) is 0 Å². The molecule has 1 aliphatic rings. The predicted molar refractivity (Wildman–Crippen MR) is 61.9 cm³/mol. The molecule has 0 aromatic heterocycles. The van der Waals surface area contributed by atoms with Gasteiger partial charge in [-0.25, -0.2) is 9.59 Å². The van der Waals surface area contributed by atoms with Crippen LogP contribution in [0.4, 0.5) is 4.79 Å². The highest BCUT2D eigenvalue weighted by Crippen LogP contribution is 2.18. The topological polar surface area (TPSA) is 70.1 Å². The van der Waals surface area contributed by atoms with Crippen molar-refractivity contribution in [3.8, 4) is 0 Å². The fourth-order valence-electron chi connectivity index (χ4n) is 1.60. The predicted octanol–water partition coefficient (Wildman–Crippen LogP) is 0.622. The fraction of sp³-hybridized carbons (Fsp3) is 0.818. The van der Waals surface area contributed by atoms with Gasteiger partial charge < -0.3 is 19.6 Å². The zero-order valence-electron chi connectivity index (χ0n) is 10.8. The van der Waals surface area contributed by atoms with Crippen molar-refractivity contribution in [1.82, 2.24) is 9.80 Å². The number of rotatable bonds is 3. The summed E-state index contributed by atoms with van der Waals surface area (Å²) < 4.78 is 5.21. The molecule has 0 saturated carbocycles. The van der Waals surface area contributed by atoms with Crippen LogP contribution in [0.2, 0.25) is 0 Å². The van der Waals surface area contributed by atoms with Crippen molar-refractivity contribution in [3.63, 3.8) is 0 Å². The standard InChI is InChI=1S/C11H20N2O4/c1-11(2,9(14)15)13(4)10(16)12(3)8-5-6-17-7-8/h8H,5-7H2,1-4H3,(H,14,15). The Morgan fingerprint density at radius 1 is 1.35 bits per heavy atom. The van der Waals surface area contributed by atoms with Gasteiger partial charge in [0.15, 0.2) is 0 Å². The minimum absolute atomic E-state index is 0.0366. The molecular formula is C11H20N2O4. The third-order valence-corrected chi connectivity index (χ3v) is 3.40. The SMILES string of the molecule is CN(C(=O)N(C)C(C)(C)C(=O)O)C1CCOC1. The summed E-state index contributed by atoms with van der Waals surface area (Å²) in [6.45, 7) is 4.18. The Kier molecular flexibility index (Phi) is 3.98. The second-order valence-electron chi connectivity index (χ2n) is 4.83. The quantitative estimate of drug-likeness (QED) is 0.790. The maximum atomic E-state index is 12.1. The van der Waals surface area contributed by atoms with Crippen LogP contribution in [0.1, 0.15) is 20.3 Å². The lowest BCUT2D eigenvalue weighted by molar-refractivity contribution is -0.147. The van der Waals surface area contributed by atoms with E-state index in [4.69, 9.17) is 9.84 Å². The average molecular weight is 244 g/mol. The molecule has 6 heteroatoms. The van der Waals surface area contributed by atoms with Crippen LogP contribution in [0.15, 0.2) is 0 Å². The third-order valence-electron chi connectivity index (χ3n) is 3.40. The summed E-state index contributed by atoms with van der Waals surface area (Å²) in [4.78, 5) is 26.0. The van der Waals surface area contributed by atoms with Gasteiger partial charge in [-0.2, -0.15) is 0 Å². The van der Waals surface area contributed by atoms with E-state index in [0.717, 1.165) is 6.42 Å². The van der Waals surface area contributed by atoms with Crippen molar-refractivity contribution in [2.75, 3.05) is 27.3 Å². The lowest BCUT2D eigenvalue weighted by atomic mass is 10.0. The first-order valence-electron chi connectivity index (χ1n) is 5.60. The fourth-order valence-corrected chi connectivity index (χ4v) is 1.60. The zero-order valence-corrected chi connectivity index (χ0v) is 10.8. The summed E-state index contributed by atoms with van der Waals surface area (Å²) in [5.41, 5.74) is -1.22. The van der Waals surface area contributed by atoms with Gasteiger partial charge in [0.25, 0.3) is 0 Å². The van der Waals surface area contributed by atoms with E-state index in [2.05, 4.69) is 0 Å². The van der Waals surface area contributed by atoms with Gasteiger partial charge in [0.2, 0.25) is 0 Å². The monoisotopic (exact) mass is 244 g/mol. The maximum absolute atomic E-state index is 12.1. The second kappa shape index (κ2) is 4.91. The van der Waals surface area contributed by atoms with Crippen molar-refractivity contribution in [2.45, 2.75) is 31.8 Å². The number of carboxylic acids is 1. The van der Waals surface area contributed by atoms with Gasteiger partial charge in [0.1, 0.15) is 5.54 Å². The molecule has 0 spiro atoms. The van der Waals surface area contributed by atoms with Gasteiger partial charge in [-0.1, -0.05) is 0 Å². The first-order chi connectivity index (χ1) is 7.78. The van der Waals surface area contributed by atoms with Gasteiger partial charge in [-0.15, -0.1) is 0 Å². The summed E-state index contributed by atoms with van der Waals surface area (Å²) in [6.07, 6.45) is 0.795. The molecule has 0 aliphatic carbocycles. The van der Waals surface area contributed by atoms with Gasteiger partial charge in [0.05, 0.1) is 12.6 Å². The molecule has 17 heavy (non-hydrogen) atoms. The molecule has 1 saturated heterocycles. The Balaban J connectivity index is 2.71. The smallest absolute Gasteiger partial charge is 0.329 e. The maximum Gasteiger partial charge on any atom is 0.329 e. The number of carboxylic acid groups (broad SMARTS) is 1. The Hall–Kier alpha value is -1.30. The number of carbonyl (C=O) groups is 2. The van der Waals surface area contributed by atoms with Crippen molar-refractivity contribution in [3.05, 3.63) is 0 Å². The number of carbonyl (C=O) groups excluding carboxylic acids is 1. The molecule has 1 heterocycles. The minimum atomic E-state index is -1.22. The number of urea groups is 1. The number of amides is 2. The van der Waals surface area contributed by atoms with E-state index in [1.54, 1.807) is 11.9 Å². The molecule has 1 rings (SSSR count). The highest BCUT2D eigenvalue weighted by molar-refractivity contribution is 5.85. The second-order valence-corrected chi connectivity index (χ2v) is 4.83. The number of aliphatic carboxylic acids is 1. The Bertz CT molecular complexity index is 311. The van der Waals surface area contributed by atoms with E-state index in [9.17, 15) is 9.59 Å². The van der Waals surface area contributed by atoms with Crippen LogP contribution in [0.5, 0.6) is 0 Å². The van der Waals surface area contributed by atoms with Gasteiger partial charge in [0, 0.05) is 20.7 Å². The minimum Gasteiger partial charge on any atom is -0.480 e. The van der Waals surface area contributed by atoms with Gasteiger partial charge in [-0.05, 0) is 20.3 Å². The van der Waals surface area contributed by atoms with E-state index in [1.807, 2.05) is 0 Å². The number of nitrogens with zero attached hydrogens (tertiary/aromatic N) is 2. The largest absolute Gasteiger partial charge is 0.480 e. The number of hydrogen-bond donors (Lipinski definition) is 1. The lowest BCUT2D eigenvalue weighted by Crippen LogP contribution is -2.56. The molecular weight excluding hydrogens is 224 g/mol.